The Labute approximate surface area is 211 Å². The second-order valence-electron chi connectivity index (χ2n) is 9.49. The van der Waals surface area contributed by atoms with Crippen molar-refractivity contribution in [2.24, 2.45) is 0 Å². The van der Waals surface area contributed by atoms with Crippen molar-refractivity contribution in [2.45, 2.75) is 64.1 Å². The molecule has 3 aromatic rings. The van der Waals surface area contributed by atoms with Gasteiger partial charge in [0.15, 0.2) is 0 Å². The number of benzene rings is 2. The first-order chi connectivity index (χ1) is 17.3. The predicted octanol–water partition coefficient (Wildman–Crippen LogP) is 4.66. The maximum absolute atomic E-state index is 13.7. The molecule has 1 amide bonds. The molecular weight excluding hydrogens is 460 g/mol. The number of hydrogen-bond donors (Lipinski definition) is 3. The number of carbonyl (C=O) groups excluding carboxylic acids is 1. The van der Waals surface area contributed by atoms with Gasteiger partial charge in [0.2, 0.25) is 5.91 Å². The van der Waals surface area contributed by atoms with Gasteiger partial charge in [0.25, 0.3) is 0 Å². The molecule has 1 heterocycles. The maximum atomic E-state index is 13.7. The van der Waals surface area contributed by atoms with E-state index in [9.17, 15) is 18.7 Å². The van der Waals surface area contributed by atoms with Crippen LogP contribution < -0.4 is 10.6 Å². The highest BCUT2D eigenvalue weighted by atomic mass is 19.1. The quantitative estimate of drug-likeness (QED) is 0.405. The summed E-state index contributed by atoms with van der Waals surface area (Å²) in [6.07, 6.45) is 4.76. The van der Waals surface area contributed by atoms with E-state index in [1.807, 2.05) is 24.4 Å². The molecule has 3 N–H and O–H groups in total. The molecule has 1 aliphatic carbocycles. The lowest BCUT2D eigenvalue weighted by Gasteiger charge is -2.31. The minimum absolute atomic E-state index is 0.0435. The number of halogens is 2. The normalized spacial score (nSPS) is 16.8. The number of carbonyl (C=O) groups is 1. The summed E-state index contributed by atoms with van der Waals surface area (Å²) in [5, 5.41) is 17.2. The maximum Gasteiger partial charge on any atom is 0.217 e. The van der Waals surface area contributed by atoms with E-state index < -0.39 is 23.8 Å². The summed E-state index contributed by atoms with van der Waals surface area (Å²) < 4.78 is 27.4. The molecule has 4 rings (SSSR count). The van der Waals surface area contributed by atoms with Crippen LogP contribution in [-0.4, -0.2) is 34.7 Å². The van der Waals surface area contributed by atoms with Crippen molar-refractivity contribution in [3.63, 3.8) is 0 Å². The fourth-order valence-corrected chi connectivity index (χ4v) is 5.08. The number of amides is 1. The lowest BCUT2D eigenvalue weighted by molar-refractivity contribution is -0.120. The second-order valence-corrected chi connectivity index (χ2v) is 9.49. The highest BCUT2D eigenvalue weighted by Gasteiger charge is 2.27. The molecule has 3 atom stereocenters. The largest absolute Gasteiger partial charge is 0.390 e. The number of nitrogens with zero attached hydrogens (tertiary/aromatic N) is 1. The summed E-state index contributed by atoms with van der Waals surface area (Å²) in [5.74, 6) is -1.69. The summed E-state index contributed by atoms with van der Waals surface area (Å²) in [7, 11) is 0. The molecule has 0 fully saturated rings. The fraction of sp³-hybridized carbons (Fsp3) is 0.379. The molecule has 1 aromatic heterocycles. The molecule has 0 aliphatic heterocycles. The first-order valence-electron chi connectivity index (χ1n) is 12.5. The number of hydrogen-bond acceptors (Lipinski definition) is 4. The Morgan fingerprint density at radius 3 is 2.58 bits per heavy atom. The van der Waals surface area contributed by atoms with Gasteiger partial charge in [-0.2, -0.15) is 0 Å². The van der Waals surface area contributed by atoms with Crippen LogP contribution in [0.3, 0.4) is 0 Å². The number of pyridine rings is 1. The Balaban J connectivity index is 1.54. The first kappa shape index (κ1) is 25.9. The van der Waals surface area contributed by atoms with E-state index in [2.05, 4.69) is 34.7 Å². The number of aryl methyl sites for hydroxylation is 1. The summed E-state index contributed by atoms with van der Waals surface area (Å²) in [4.78, 5) is 16.4. The molecule has 7 heteroatoms. The van der Waals surface area contributed by atoms with Gasteiger partial charge >= 0.3 is 0 Å². The summed E-state index contributed by atoms with van der Waals surface area (Å²) >= 11 is 0. The van der Waals surface area contributed by atoms with Gasteiger partial charge in [-0.1, -0.05) is 19.1 Å². The minimum atomic E-state index is -0.949. The van der Waals surface area contributed by atoms with Crippen molar-refractivity contribution >= 4 is 5.91 Å². The Bertz CT molecular complexity index is 1180. The van der Waals surface area contributed by atoms with E-state index in [0.29, 0.717) is 5.56 Å². The zero-order valence-corrected chi connectivity index (χ0v) is 20.7. The summed E-state index contributed by atoms with van der Waals surface area (Å²) in [6, 6.07) is 13.0. The number of aliphatic hydroxyl groups excluding tert-OH is 1. The molecule has 0 saturated carbocycles. The topological polar surface area (TPSA) is 74.2 Å². The van der Waals surface area contributed by atoms with Gasteiger partial charge in [-0.25, -0.2) is 8.78 Å². The smallest absolute Gasteiger partial charge is 0.217 e. The van der Waals surface area contributed by atoms with Crippen LogP contribution in [0.2, 0.25) is 0 Å². The zero-order valence-electron chi connectivity index (χ0n) is 20.7. The first-order valence-corrected chi connectivity index (χ1v) is 12.5. The average Bonchev–Trinajstić information content (AvgIpc) is 2.85. The molecule has 190 valence electrons. The van der Waals surface area contributed by atoms with Crippen LogP contribution in [0.15, 0.2) is 54.7 Å². The van der Waals surface area contributed by atoms with Crippen LogP contribution in [0, 0.1) is 11.6 Å². The van der Waals surface area contributed by atoms with Crippen LogP contribution in [-0.2, 0) is 24.1 Å². The standard InChI is InChI=1S/C29H33F2N3O2/c1-3-19-13-24(26-8-4-5-10-32-26)23-7-6-9-27(25(23)14-19)33-17-29(36)28(34-18(2)35)15-20-11-21(30)16-22(31)12-20/h4-5,8,10-14,16,27-29,33,36H,3,6-7,9,15,17H2,1-2H3,(H,34,35)/t27-,28+,29+/m1/s1. The van der Waals surface area contributed by atoms with Gasteiger partial charge in [-0.15, -0.1) is 0 Å². The van der Waals surface area contributed by atoms with Crippen LogP contribution in [0.25, 0.3) is 11.3 Å². The van der Waals surface area contributed by atoms with Gasteiger partial charge in [0.05, 0.1) is 17.8 Å². The molecule has 5 nitrogen and oxygen atoms in total. The Morgan fingerprint density at radius 2 is 1.92 bits per heavy atom. The molecule has 0 spiro atoms. The molecule has 36 heavy (non-hydrogen) atoms. The average molecular weight is 494 g/mol. The van der Waals surface area contributed by atoms with Crippen LogP contribution >= 0.6 is 0 Å². The number of aromatic nitrogens is 1. The molecule has 1 aliphatic rings. The third kappa shape index (κ3) is 6.33. The Kier molecular flexibility index (Phi) is 8.44. The van der Waals surface area contributed by atoms with Crippen molar-refractivity contribution in [1.29, 1.82) is 0 Å². The number of aliphatic hydroxyl groups is 1. The van der Waals surface area contributed by atoms with E-state index in [-0.39, 0.29) is 24.9 Å². The molecule has 0 bridgehead atoms. The monoisotopic (exact) mass is 493 g/mol. The Hall–Kier alpha value is -3.16. The SMILES string of the molecule is CCc1cc(-c2ccccn2)c2c(c1)[C@H](NC[C@H](O)[C@H](Cc1cc(F)cc(F)c1)NC(C)=O)CCC2. The van der Waals surface area contributed by atoms with E-state index >= 15 is 0 Å². The van der Waals surface area contributed by atoms with Crippen molar-refractivity contribution < 1.29 is 18.7 Å². The van der Waals surface area contributed by atoms with E-state index in [1.54, 1.807) is 0 Å². The van der Waals surface area contributed by atoms with Gasteiger partial charge < -0.3 is 15.7 Å². The van der Waals surface area contributed by atoms with Gasteiger partial charge in [0.1, 0.15) is 11.6 Å². The lowest BCUT2D eigenvalue weighted by atomic mass is 9.82. The number of fused-ring (bicyclic) bond motifs is 1. The molecule has 0 radical (unpaired) electrons. The predicted molar refractivity (Wildman–Crippen MR) is 136 cm³/mol. The molecular formula is C29H33F2N3O2. The molecule has 2 aromatic carbocycles. The highest BCUT2D eigenvalue weighted by Crippen LogP contribution is 2.37. The number of nitrogens with one attached hydrogen (secondary N) is 2. The van der Waals surface area contributed by atoms with Crippen LogP contribution in [0.1, 0.15) is 55.0 Å². The Morgan fingerprint density at radius 1 is 1.14 bits per heavy atom. The third-order valence-corrected chi connectivity index (χ3v) is 6.79. The third-order valence-electron chi connectivity index (χ3n) is 6.79. The van der Waals surface area contributed by atoms with Gasteiger partial charge in [-0.05, 0) is 84.7 Å². The van der Waals surface area contributed by atoms with Gasteiger partial charge in [-0.3, -0.25) is 9.78 Å². The van der Waals surface area contributed by atoms with E-state index in [0.717, 1.165) is 43.0 Å². The van der Waals surface area contributed by atoms with Crippen LogP contribution in [0.5, 0.6) is 0 Å². The van der Waals surface area contributed by atoms with E-state index in [1.165, 1.54) is 35.7 Å². The second kappa shape index (κ2) is 11.7. The molecule has 0 unspecified atom stereocenters. The zero-order chi connectivity index (χ0) is 25.7. The minimum Gasteiger partial charge on any atom is -0.390 e. The fourth-order valence-electron chi connectivity index (χ4n) is 5.08. The van der Waals surface area contributed by atoms with E-state index in [4.69, 9.17) is 0 Å². The van der Waals surface area contributed by atoms with Gasteiger partial charge in [0, 0.05) is 37.3 Å². The summed E-state index contributed by atoms with van der Waals surface area (Å²) in [6.45, 7) is 3.72. The van der Waals surface area contributed by atoms with Crippen molar-refractivity contribution in [3.05, 3.63) is 88.6 Å². The van der Waals surface area contributed by atoms with Crippen molar-refractivity contribution in [3.8, 4) is 11.3 Å². The summed E-state index contributed by atoms with van der Waals surface area (Å²) in [5.41, 5.74) is 6.21. The lowest BCUT2D eigenvalue weighted by Crippen LogP contribution is -2.48. The molecule has 0 saturated heterocycles. The van der Waals surface area contributed by atoms with Crippen molar-refractivity contribution in [2.75, 3.05) is 6.54 Å². The highest BCUT2D eigenvalue weighted by molar-refractivity contribution is 5.73. The number of rotatable bonds is 9. The van der Waals surface area contributed by atoms with Crippen LogP contribution in [0.4, 0.5) is 8.78 Å². The van der Waals surface area contributed by atoms with Crippen molar-refractivity contribution in [1.82, 2.24) is 15.6 Å².